The van der Waals surface area contributed by atoms with Crippen LogP contribution in [0.1, 0.15) is 51.4 Å². The van der Waals surface area contributed by atoms with Crippen LogP contribution >= 0.6 is 11.8 Å². The summed E-state index contributed by atoms with van der Waals surface area (Å²) < 4.78 is 6.17. The quantitative estimate of drug-likeness (QED) is 0.489. The summed E-state index contributed by atoms with van der Waals surface area (Å²) in [5, 5.41) is 12.4. The minimum absolute atomic E-state index is 0.260. The van der Waals surface area contributed by atoms with Gasteiger partial charge in [0.1, 0.15) is 0 Å². The number of fused-ring (bicyclic) bond motifs is 2. The van der Waals surface area contributed by atoms with Gasteiger partial charge in [0, 0.05) is 11.7 Å². The SMILES string of the molecule is C=CSCC=CC[C@H]1[C@@H](C=CC(O)C2CCCCC2)[C@H]2CC[C@@H]1O2. The van der Waals surface area contributed by atoms with Crippen LogP contribution in [0.15, 0.2) is 36.3 Å². The van der Waals surface area contributed by atoms with Crippen LogP contribution in [-0.2, 0) is 4.74 Å². The molecule has 0 radical (unpaired) electrons. The van der Waals surface area contributed by atoms with E-state index in [-0.39, 0.29) is 6.10 Å². The molecule has 0 spiro atoms. The lowest BCUT2D eigenvalue weighted by Crippen LogP contribution is -2.26. The van der Waals surface area contributed by atoms with Crippen LogP contribution in [0.2, 0.25) is 0 Å². The molecule has 1 unspecified atom stereocenters. The third-order valence-electron chi connectivity index (χ3n) is 6.04. The third kappa shape index (κ3) is 4.56. The molecule has 134 valence electrons. The summed E-state index contributed by atoms with van der Waals surface area (Å²) in [5.74, 6) is 2.55. The van der Waals surface area contributed by atoms with Crippen molar-refractivity contribution in [2.75, 3.05) is 5.75 Å². The summed E-state index contributed by atoms with van der Waals surface area (Å²) in [4.78, 5) is 0. The van der Waals surface area contributed by atoms with E-state index in [4.69, 9.17) is 4.74 Å². The first-order chi connectivity index (χ1) is 11.8. The van der Waals surface area contributed by atoms with Gasteiger partial charge < -0.3 is 9.84 Å². The number of ether oxygens (including phenoxy) is 1. The van der Waals surface area contributed by atoms with Gasteiger partial charge >= 0.3 is 0 Å². The number of hydrogen-bond donors (Lipinski definition) is 1. The van der Waals surface area contributed by atoms with Crippen molar-refractivity contribution in [2.45, 2.75) is 69.7 Å². The molecule has 2 aliphatic heterocycles. The molecule has 3 aliphatic rings. The third-order valence-corrected chi connectivity index (χ3v) is 6.66. The molecule has 2 bridgehead atoms. The predicted molar refractivity (Wildman–Crippen MR) is 103 cm³/mol. The molecule has 2 saturated heterocycles. The van der Waals surface area contributed by atoms with Gasteiger partial charge in [-0.3, -0.25) is 0 Å². The largest absolute Gasteiger partial charge is 0.389 e. The first kappa shape index (κ1) is 18.3. The summed E-state index contributed by atoms with van der Waals surface area (Å²) in [5.41, 5.74) is 0. The summed E-state index contributed by atoms with van der Waals surface area (Å²) in [7, 11) is 0. The van der Waals surface area contributed by atoms with Crippen LogP contribution < -0.4 is 0 Å². The first-order valence-corrected chi connectivity index (χ1v) is 10.7. The van der Waals surface area contributed by atoms with Gasteiger partial charge in [-0.05, 0) is 49.3 Å². The van der Waals surface area contributed by atoms with Gasteiger partial charge in [-0.2, -0.15) is 0 Å². The van der Waals surface area contributed by atoms with Crippen LogP contribution in [0.3, 0.4) is 0 Å². The maximum absolute atomic E-state index is 10.5. The van der Waals surface area contributed by atoms with Crippen LogP contribution in [0.4, 0.5) is 0 Å². The number of aliphatic hydroxyl groups is 1. The molecule has 1 N–H and O–H groups in total. The molecule has 2 heterocycles. The summed E-state index contributed by atoms with van der Waals surface area (Å²) in [6.45, 7) is 3.73. The van der Waals surface area contributed by atoms with E-state index in [0.29, 0.717) is 30.0 Å². The number of aliphatic hydroxyl groups excluding tert-OH is 1. The van der Waals surface area contributed by atoms with Crippen molar-refractivity contribution in [3.63, 3.8) is 0 Å². The molecule has 1 saturated carbocycles. The van der Waals surface area contributed by atoms with Crippen molar-refractivity contribution in [3.05, 3.63) is 36.3 Å². The van der Waals surface area contributed by atoms with Gasteiger partial charge in [0.2, 0.25) is 0 Å². The molecule has 3 heteroatoms. The monoisotopic (exact) mass is 348 g/mol. The Morgan fingerprint density at radius 2 is 1.88 bits per heavy atom. The fraction of sp³-hybridized carbons (Fsp3) is 0.714. The summed E-state index contributed by atoms with van der Waals surface area (Å²) in [6.07, 6.45) is 19.2. The van der Waals surface area contributed by atoms with Gasteiger partial charge in [0.05, 0.1) is 18.3 Å². The van der Waals surface area contributed by atoms with E-state index in [1.807, 2.05) is 5.41 Å². The highest BCUT2D eigenvalue weighted by molar-refractivity contribution is 8.02. The van der Waals surface area contributed by atoms with Gasteiger partial charge in [0.15, 0.2) is 0 Å². The molecule has 0 amide bonds. The number of thioether (sulfide) groups is 1. The van der Waals surface area contributed by atoms with Crippen molar-refractivity contribution in [1.82, 2.24) is 0 Å². The van der Waals surface area contributed by atoms with Gasteiger partial charge in [0.25, 0.3) is 0 Å². The van der Waals surface area contributed by atoms with Crippen molar-refractivity contribution in [3.8, 4) is 0 Å². The zero-order valence-electron chi connectivity index (χ0n) is 14.7. The molecule has 0 aromatic carbocycles. The van der Waals surface area contributed by atoms with Crippen LogP contribution in [0.25, 0.3) is 0 Å². The van der Waals surface area contributed by atoms with Crippen molar-refractivity contribution in [2.24, 2.45) is 17.8 Å². The molecule has 5 atom stereocenters. The lowest BCUT2D eigenvalue weighted by Gasteiger charge is -2.27. The van der Waals surface area contributed by atoms with Crippen molar-refractivity contribution < 1.29 is 9.84 Å². The molecule has 3 fully saturated rings. The van der Waals surface area contributed by atoms with E-state index in [2.05, 4.69) is 30.9 Å². The van der Waals surface area contributed by atoms with Gasteiger partial charge in [-0.25, -0.2) is 0 Å². The first-order valence-electron chi connectivity index (χ1n) is 9.69. The lowest BCUT2D eigenvalue weighted by molar-refractivity contribution is 0.0897. The van der Waals surface area contributed by atoms with Crippen LogP contribution in [0.5, 0.6) is 0 Å². The Hall–Kier alpha value is -0.510. The summed E-state index contributed by atoms with van der Waals surface area (Å²) in [6, 6.07) is 0. The van der Waals surface area contributed by atoms with Gasteiger partial charge in [-0.15, -0.1) is 11.8 Å². The average molecular weight is 349 g/mol. The standard InChI is InChI=1S/C21H32O2S/c1-2-24-15-7-6-10-17-18(21-14-13-20(17)23-21)11-12-19(22)16-8-4-3-5-9-16/h2,6-7,11-12,16-22H,1,3-5,8-10,13-15H2/t17-,18+,19?,20-,21+/m0/s1. The second kappa shape index (κ2) is 9.26. The fourth-order valence-electron chi connectivity index (χ4n) is 4.71. The Morgan fingerprint density at radius 3 is 2.67 bits per heavy atom. The molecule has 1 aliphatic carbocycles. The fourth-order valence-corrected chi connectivity index (χ4v) is 5.09. The maximum Gasteiger partial charge on any atom is 0.0749 e. The van der Waals surface area contributed by atoms with E-state index in [0.717, 1.165) is 12.2 Å². The second-order valence-electron chi connectivity index (χ2n) is 7.51. The minimum Gasteiger partial charge on any atom is -0.389 e. The molecule has 0 aromatic rings. The highest BCUT2D eigenvalue weighted by Gasteiger charge is 2.46. The Morgan fingerprint density at radius 1 is 1.08 bits per heavy atom. The van der Waals surface area contributed by atoms with E-state index in [9.17, 15) is 5.11 Å². The average Bonchev–Trinajstić information content (AvgIpc) is 3.22. The van der Waals surface area contributed by atoms with E-state index in [1.54, 1.807) is 11.8 Å². The molecular formula is C21H32O2S. The Bertz CT molecular complexity index is 453. The number of allylic oxidation sites excluding steroid dienone is 1. The number of hydrogen-bond acceptors (Lipinski definition) is 3. The van der Waals surface area contributed by atoms with Gasteiger partial charge in [-0.1, -0.05) is 50.1 Å². The number of rotatable bonds is 8. The normalized spacial score (nSPS) is 35.2. The van der Waals surface area contributed by atoms with Crippen molar-refractivity contribution >= 4 is 11.8 Å². The summed E-state index contributed by atoms with van der Waals surface area (Å²) >= 11 is 1.74. The zero-order chi connectivity index (χ0) is 16.8. The second-order valence-corrected chi connectivity index (χ2v) is 8.51. The van der Waals surface area contributed by atoms with Crippen LogP contribution in [-0.4, -0.2) is 29.2 Å². The Kier molecular flexibility index (Phi) is 7.06. The zero-order valence-corrected chi connectivity index (χ0v) is 15.5. The Balaban J connectivity index is 1.54. The Labute approximate surface area is 151 Å². The smallest absolute Gasteiger partial charge is 0.0749 e. The predicted octanol–water partition coefficient (Wildman–Crippen LogP) is 5.10. The highest BCUT2D eigenvalue weighted by atomic mass is 32.2. The molecular weight excluding hydrogens is 316 g/mol. The molecule has 0 aromatic heterocycles. The molecule has 3 rings (SSSR count). The van der Waals surface area contributed by atoms with Crippen LogP contribution in [0, 0.1) is 17.8 Å². The van der Waals surface area contributed by atoms with E-state index in [1.165, 1.54) is 44.9 Å². The van der Waals surface area contributed by atoms with E-state index >= 15 is 0 Å². The molecule has 2 nitrogen and oxygen atoms in total. The highest BCUT2D eigenvalue weighted by Crippen LogP contribution is 2.46. The topological polar surface area (TPSA) is 29.5 Å². The minimum atomic E-state index is -0.260. The maximum atomic E-state index is 10.5. The van der Waals surface area contributed by atoms with E-state index < -0.39 is 0 Å². The lowest BCUT2D eigenvalue weighted by atomic mass is 9.76. The van der Waals surface area contributed by atoms with Crippen molar-refractivity contribution in [1.29, 1.82) is 0 Å². The molecule has 24 heavy (non-hydrogen) atoms.